The van der Waals surface area contributed by atoms with E-state index >= 15 is 0 Å². The van der Waals surface area contributed by atoms with Gasteiger partial charge in [-0.3, -0.25) is 0 Å². The molecule has 3 rings (SSSR count). The van der Waals surface area contributed by atoms with E-state index in [1.165, 1.54) is 16.0 Å². The van der Waals surface area contributed by atoms with Crippen LogP contribution in [0.2, 0.25) is 0 Å². The zero-order chi connectivity index (χ0) is 17.6. The molecule has 2 aromatic carbocycles. The van der Waals surface area contributed by atoms with E-state index in [1.54, 1.807) is 13.2 Å². The number of hydrogen-bond donors (Lipinski definition) is 2. The van der Waals surface area contributed by atoms with Gasteiger partial charge in [0.1, 0.15) is 18.0 Å². The molecule has 25 heavy (non-hydrogen) atoms. The highest BCUT2D eigenvalue weighted by Crippen LogP contribution is 2.29. The molecule has 3 heteroatoms. The smallest absolute Gasteiger partial charge is 0.128 e. The lowest BCUT2D eigenvalue weighted by atomic mass is 9.99. The van der Waals surface area contributed by atoms with Gasteiger partial charge in [0.15, 0.2) is 0 Å². The first-order valence-corrected chi connectivity index (χ1v) is 8.79. The Morgan fingerprint density at radius 2 is 1.96 bits per heavy atom. The SMILES string of the molecule is C=CCc1cc(OC)cc(C[NH+]2CC=C(c3ccccc3)CC2)c1O. The molecule has 0 spiro atoms. The summed E-state index contributed by atoms with van der Waals surface area (Å²) < 4.78 is 5.39. The highest BCUT2D eigenvalue weighted by atomic mass is 16.5. The summed E-state index contributed by atoms with van der Waals surface area (Å²) in [6, 6.07) is 14.4. The molecule has 2 N–H and O–H groups in total. The van der Waals surface area contributed by atoms with Crippen LogP contribution in [0.5, 0.6) is 11.5 Å². The number of rotatable bonds is 6. The minimum absolute atomic E-state index is 0.381. The van der Waals surface area contributed by atoms with Gasteiger partial charge in [0.2, 0.25) is 0 Å². The van der Waals surface area contributed by atoms with Crippen molar-refractivity contribution in [3.8, 4) is 11.5 Å². The van der Waals surface area contributed by atoms with E-state index < -0.39 is 0 Å². The molecule has 0 saturated carbocycles. The number of aromatic hydroxyl groups is 1. The summed E-state index contributed by atoms with van der Waals surface area (Å²) in [5.41, 5.74) is 4.56. The number of phenols is 1. The third-order valence-corrected chi connectivity index (χ3v) is 4.81. The third-order valence-electron chi connectivity index (χ3n) is 4.81. The Hall–Kier alpha value is -2.52. The highest BCUT2D eigenvalue weighted by molar-refractivity contribution is 5.65. The van der Waals surface area contributed by atoms with E-state index in [9.17, 15) is 5.11 Å². The number of quaternary nitrogens is 1. The zero-order valence-electron chi connectivity index (χ0n) is 14.8. The van der Waals surface area contributed by atoms with Crippen LogP contribution in [-0.2, 0) is 13.0 Å². The summed E-state index contributed by atoms with van der Waals surface area (Å²) in [5.74, 6) is 1.17. The molecule has 0 saturated heterocycles. The van der Waals surface area contributed by atoms with Crippen LogP contribution in [-0.4, -0.2) is 25.3 Å². The number of allylic oxidation sites excluding steroid dienone is 1. The van der Waals surface area contributed by atoms with Crippen molar-refractivity contribution in [2.45, 2.75) is 19.4 Å². The molecule has 130 valence electrons. The zero-order valence-corrected chi connectivity index (χ0v) is 14.8. The highest BCUT2D eigenvalue weighted by Gasteiger charge is 2.19. The second-order valence-electron chi connectivity index (χ2n) is 6.51. The quantitative estimate of drug-likeness (QED) is 0.795. The first kappa shape index (κ1) is 17.3. The van der Waals surface area contributed by atoms with Gasteiger partial charge >= 0.3 is 0 Å². The van der Waals surface area contributed by atoms with E-state index in [0.717, 1.165) is 42.9 Å². The molecule has 1 heterocycles. The van der Waals surface area contributed by atoms with Gasteiger partial charge < -0.3 is 14.7 Å². The first-order chi connectivity index (χ1) is 12.2. The normalized spacial score (nSPS) is 17.0. The summed E-state index contributed by atoms with van der Waals surface area (Å²) in [5, 5.41) is 10.6. The number of methoxy groups -OCH3 is 1. The minimum Gasteiger partial charge on any atom is -0.507 e. The summed E-state index contributed by atoms with van der Waals surface area (Å²) in [4.78, 5) is 1.45. The maximum Gasteiger partial charge on any atom is 0.128 e. The fraction of sp³-hybridized carbons (Fsp3) is 0.273. The van der Waals surface area contributed by atoms with Crippen molar-refractivity contribution >= 4 is 5.57 Å². The first-order valence-electron chi connectivity index (χ1n) is 8.79. The second-order valence-corrected chi connectivity index (χ2v) is 6.51. The lowest BCUT2D eigenvalue weighted by Crippen LogP contribution is -3.11. The van der Waals surface area contributed by atoms with Gasteiger partial charge in [0.25, 0.3) is 0 Å². The van der Waals surface area contributed by atoms with Crippen LogP contribution in [0, 0.1) is 0 Å². The second kappa shape index (κ2) is 8.04. The predicted molar refractivity (Wildman–Crippen MR) is 102 cm³/mol. The van der Waals surface area contributed by atoms with Crippen LogP contribution in [0.3, 0.4) is 0 Å². The topological polar surface area (TPSA) is 33.9 Å². The fourth-order valence-electron chi connectivity index (χ4n) is 3.42. The Labute approximate surface area is 149 Å². The van der Waals surface area contributed by atoms with Crippen molar-refractivity contribution in [2.24, 2.45) is 0 Å². The van der Waals surface area contributed by atoms with E-state index in [0.29, 0.717) is 12.2 Å². The van der Waals surface area contributed by atoms with Gasteiger partial charge in [0, 0.05) is 12.0 Å². The number of phenolic OH excluding ortho intramolecular Hbond substituents is 1. The molecule has 0 aromatic heterocycles. The maximum atomic E-state index is 10.6. The van der Waals surface area contributed by atoms with Crippen LogP contribution in [0.25, 0.3) is 5.57 Å². The fourth-order valence-corrected chi connectivity index (χ4v) is 3.42. The van der Waals surface area contributed by atoms with Crippen LogP contribution >= 0.6 is 0 Å². The third kappa shape index (κ3) is 4.12. The standard InChI is InChI=1S/C22H25NO2/c1-3-7-19-14-21(25-2)15-20(22(19)24)16-23-12-10-18(11-13-23)17-8-5-4-6-9-17/h3-6,8-10,14-15,24H,1,7,11-13,16H2,2H3/p+1. The molecule has 0 fully saturated rings. The Bertz CT molecular complexity index is 765. The predicted octanol–water partition coefficient (Wildman–Crippen LogP) is 3.00. The van der Waals surface area contributed by atoms with Gasteiger partial charge in [-0.25, -0.2) is 0 Å². The van der Waals surface area contributed by atoms with Crippen LogP contribution in [0.4, 0.5) is 0 Å². The van der Waals surface area contributed by atoms with E-state index in [2.05, 4.69) is 43.0 Å². The monoisotopic (exact) mass is 336 g/mol. The number of nitrogens with one attached hydrogen (secondary N) is 1. The molecule has 0 radical (unpaired) electrons. The molecular formula is C22H26NO2+. The summed E-state index contributed by atoms with van der Waals surface area (Å²) in [6.07, 6.45) is 5.84. The van der Waals surface area contributed by atoms with Crippen LogP contribution in [0.15, 0.2) is 61.2 Å². The molecule has 0 amide bonds. The van der Waals surface area contributed by atoms with E-state index in [4.69, 9.17) is 4.74 Å². The number of hydrogen-bond acceptors (Lipinski definition) is 2. The molecule has 1 aliphatic rings. The average Bonchev–Trinajstić information content (AvgIpc) is 2.66. The summed E-state index contributed by atoms with van der Waals surface area (Å²) in [6.45, 7) is 6.60. The molecule has 3 nitrogen and oxygen atoms in total. The molecule has 1 atom stereocenters. The van der Waals surface area contributed by atoms with Crippen LogP contribution < -0.4 is 9.64 Å². The van der Waals surface area contributed by atoms with Gasteiger partial charge in [0.05, 0.1) is 25.8 Å². The van der Waals surface area contributed by atoms with Gasteiger partial charge in [-0.05, 0) is 35.8 Å². The van der Waals surface area contributed by atoms with Crippen molar-refractivity contribution in [3.63, 3.8) is 0 Å². The summed E-state index contributed by atoms with van der Waals surface area (Å²) >= 11 is 0. The van der Waals surface area contributed by atoms with E-state index in [-0.39, 0.29) is 0 Å². The average molecular weight is 336 g/mol. The molecule has 0 aliphatic carbocycles. The Morgan fingerprint density at radius 3 is 2.60 bits per heavy atom. The van der Waals surface area contributed by atoms with E-state index in [1.807, 2.05) is 12.1 Å². The minimum atomic E-state index is 0.381. The largest absolute Gasteiger partial charge is 0.507 e. The summed E-state index contributed by atoms with van der Waals surface area (Å²) in [7, 11) is 1.66. The molecule has 1 aliphatic heterocycles. The number of ether oxygens (including phenoxy) is 1. The van der Waals surface area contributed by atoms with Gasteiger partial charge in [-0.15, -0.1) is 6.58 Å². The van der Waals surface area contributed by atoms with Gasteiger partial charge in [-0.1, -0.05) is 36.4 Å². The molecule has 2 aromatic rings. The Morgan fingerprint density at radius 1 is 1.20 bits per heavy atom. The van der Waals surface area contributed by atoms with Crippen molar-refractivity contribution in [3.05, 3.63) is 77.9 Å². The maximum absolute atomic E-state index is 10.6. The Kier molecular flexibility index (Phi) is 5.56. The lowest BCUT2D eigenvalue weighted by molar-refractivity contribution is -0.908. The number of benzene rings is 2. The van der Waals surface area contributed by atoms with Crippen LogP contribution in [0.1, 0.15) is 23.1 Å². The van der Waals surface area contributed by atoms with Gasteiger partial charge in [-0.2, -0.15) is 0 Å². The van der Waals surface area contributed by atoms with Crippen molar-refractivity contribution < 1.29 is 14.7 Å². The molecular weight excluding hydrogens is 310 g/mol. The van der Waals surface area contributed by atoms with Crippen molar-refractivity contribution in [2.75, 3.05) is 20.2 Å². The lowest BCUT2D eigenvalue weighted by Gasteiger charge is -2.24. The Balaban J connectivity index is 1.74. The molecule has 0 bridgehead atoms. The van der Waals surface area contributed by atoms with Crippen molar-refractivity contribution in [1.29, 1.82) is 0 Å². The molecule has 1 unspecified atom stereocenters. The van der Waals surface area contributed by atoms with Crippen molar-refractivity contribution in [1.82, 2.24) is 0 Å².